The Morgan fingerprint density at radius 1 is 1.27 bits per heavy atom. The normalized spacial score (nSPS) is 21.8. The number of hydrogen-bond donors (Lipinski definition) is 1. The van der Waals surface area contributed by atoms with E-state index in [2.05, 4.69) is 5.32 Å². The predicted octanol–water partition coefficient (Wildman–Crippen LogP) is 2.08. The van der Waals surface area contributed by atoms with Gasteiger partial charge in [-0.05, 0) is 37.5 Å². The highest BCUT2D eigenvalue weighted by atomic mass is 35.5. The van der Waals surface area contributed by atoms with E-state index in [9.17, 15) is 18.0 Å². The van der Waals surface area contributed by atoms with Gasteiger partial charge in [0.25, 0.3) is 0 Å². The van der Waals surface area contributed by atoms with E-state index in [0.29, 0.717) is 48.7 Å². The van der Waals surface area contributed by atoms with Gasteiger partial charge in [0.15, 0.2) is 0 Å². The lowest BCUT2D eigenvalue weighted by molar-refractivity contribution is -0.121. The van der Waals surface area contributed by atoms with Crippen molar-refractivity contribution >= 4 is 44.8 Å². The second-order valence-corrected chi connectivity index (χ2v) is 9.15. The maximum Gasteiger partial charge on any atom is 0.228 e. The molecule has 2 aliphatic heterocycles. The summed E-state index contributed by atoms with van der Waals surface area (Å²) in [6, 6.07) is 5.06. The number of piperidine rings is 1. The number of benzene rings is 1. The molecule has 2 fully saturated rings. The summed E-state index contributed by atoms with van der Waals surface area (Å²) in [5.41, 5.74) is 1.18. The lowest BCUT2D eigenvalue weighted by Crippen LogP contribution is -2.43. The number of nitrogens with zero attached hydrogens (tertiary/aromatic N) is 2. The molecule has 1 atom stereocenters. The number of carbonyl (C=O) groups excluding carboxylic acids is 2. The molecule has 0 bridgehead atoms. The van der Waals surface area contributed by atoms with Crippen LogP contribution in [0.4, 0.5) is 11.4 Å². The number of amides is 2. The molecule has 1 aromatic carbocycles. The number of hydrogen-bond acceptors (Lipinski definition) is 4. The number of nitrogens with one attached hydrogen (secondary N) is 1. The van der Waals surface area contributed by atoms with Gasteiger partial charge < -0.3 is 10.2 Å². The third-order valence-corrected chi connectivity index (χ3v) is 6.38. The van der Waals surface area contributed by atoms with Crippen LogP contribution in [0.1, 0.15) is 25.7 Å². The molecule has 1 aromatic rings. The molecule has 9 heteroatoms. The van der Waals surface area contributed by atoms with Gasteiger partial charge in [0, 0.05) is 31.7 Å². The molecular weight excluding hydrogens is 378 g/mol. The zero-order valence-electron chi connectivity index (χ0n) is 14.6. The number of carbonyl (C=O) groups is 2. The van der Waals surface area contributed by atoms with Crippen molar-refractivity contribution in [2.24, 2.45) is 5.92 Å². The van der Waals surface area contributed by atoms with Gasteiger partial charge in [0.05, 0.1) is 22.9 Å². The molecule has 0 aliphatic carbocycles. The fraction of sp³-hybridized carbons (Fsp3) is 0.529. The first-order chi connectivity index (χ1) is 12.3. The number of rotatable bonds is 4. The van der Waals surface area contributed by atoms with Gasteiger partial charge in [-0.1, -0.05) is 11.6 Å². The van der Waals surface area contributed by atoms with E-state index < -0.39 is 15.9 Å². The Balaban J connectivity index is 1.68. The lowest BCUT2D eigenvalue weighted by Gasteiger charge is -2.30. The van der Waals surface area contributed by atoms with E-state index in [4.69, 9.17) is 11.6 Å². The van der Waals surface area contributed by atoms with Gasteiger partial charge in [0.2, 0.25) is 21.8 Å². The van der Waals surface area contributed by atoms with Crippen LogP contribution in [0.15, 0.2) is 18.2 Å². The van der Waals surface area contributed by atoms with Crippen LogP contribution in [0.5, 0.6) is 0 Å². The largest absolute Gasteiger partial charge is 0.326 e. The van der Waals surface area contributed by atoms with Crippen LogP contribution in [0, 0.1) is 5.92 Å². The zero-order chi connectivity index (χ0) is 18.9. The van der Waals surface area contributed by atoms with E-state index >= 15 is 0 Å². The minimum atomic E-state index is -3.30. The van der Waals surface area contributed by atoms with Crippen LogP contribution in [0.2, 0.25) is 5.02 Å². The molecule has 1 N–H and O–H groups in total. The fourth-order valence-electron chi connectivity index (χ4n) is 3.41. The monoisotopic (exact) mass is 399 g/mol. The van der Waals surface area contributed by atoms with E-state index in [0.717, 1.165) is 12.7 Å². The van der Waals surface area contributed by atoms with Crippen molar-refractivity contribution in [2.45, 2.75) is 25.7 Å². The van der Waals surface area contributed by atoms with Gasteiger partial charge in [-0.2, -0.15) is 0 Å². The molecule has 2 aliphatic rings. The summed E-state index contributed by atoms with van der Waals surface area (Å²) in [6.45, 7) is 1.29. The average Bonchev–Trinajstić information content (AvgIpc) is 3.00. The second kappa shape index (κ2) is 7.54. The lowest BCUT2D eigenvalue weighted by atomic mass is 9.98. The van der Waals surface area contributed by atoms with Crippen LogP contribution in [-0.4, -0.2) is 50.4 Å². The molecule has 2 heterocycles. The van der Waals surface area contributed by atoms with Crippen molar-refractivity contribution in [3.63, 3.8) is 0 Å². The van der Waals surface area contributed by atoms with E-state index in [1.165, 1.54) is 4.31 Å². The summed E-state index contributed by atoms with van der Waals surface area (Å²) in [7, 11) is -3.30. The van der Waals surface area contributed by atoms with E-state index in [1.807, 2.05) is 0 Å². The first-order valence-electron chi connectivity index (χ1n) is 8.61. The SMILES string of the molecule is CS(=O)(=O)N1CCC[C@H](C(=O)Nc2ccc(N3CCCC3=O)c(Cl)c2)C1. The van der Waals surface area contributed by atoms with Crippen LogP contribution in [0.3, 0.4) is 0 Å². The molecule has 0 radical (unpaired) electrons. The first kappa shape index (κ1) is 19.1. The van der Waals surface area contributed by atoms with E-state index in [1.54, 1.807) is 23.1 Å². The molecule has 3 rings (SSSR count). The molecule has 0 saturated carbocycles. The van der Waals surface area contributed by atoms with E-state index in [-0.39, 0.29) is 18.4 Å². The van der Waals surface area contributed by atoms with Crippen molar-refractivity contribution in [2.75, 3.05) is 36.1 Å². The predicted molar refractivity (Wildman–Crippen MR) is 101 cm³/mol. The average molecular weight is 400 g/mol. The highest BCUT2D eigenvalue weighted by Crippen LogP contribution is 2.32. The molecule has 26 heavy (non-hydrogen) atoms. The second-order valence-electron chi connectivity index (χ2n) is 6.76. The van der Waals surface area contributed by atoms with Crippen molar-refractivity contribution in [3.8, 4) is 0 Å². The van der Waals surface area contributed by atoms with Crippen LogP contribution >= 0.6 is 11.6 Å². The Labute approximate surface area is 158 Å². The van der Waals surface area contributed by atoms with Gasteiger partial charge >= 0.3 is 0 Å². The Hall–Kier alpha value is -1.64. The molecular formula is C17H22ClN3O4S. The molecule has 2 amide bonds. The minimum absolute atomic E-state index is 0.0479. The Morgan fingerprint density at radius 3 is 2.65 bits per heavy atom. The zero-order valence-corrected chi connectivity index (χ0v) is 16.1. The summed E-state index contributed by atoms with van der Waals surface area (Å²) in [5, 5.41) is 3.21. The highest BCUT2D eigenvalue weighted by Gasteiger charge is 2.30. The minimum Gasteiger partial charge on any atom is -0.326 e. The Morgan fingerprint density at radius 2 is 2.04 bits per heavy atom. The van der Waals surface area contributed by atoms with Gasteiger partial charge in [-0.25, -0.2) is 12.7 Å². The highest BCUT2D eigenvalue weighted by molar-refractivity contribution is 7.88. The van der Waals surface area contributed by atoms with Crippen LogP contribution in [0.25, 0.3) is 0 Å². The van der Waals surface area contributed by atoms with Gasteiger partial charge in [-0.3, -0.25) is 9.59 Å². The maximum atomic E-state index is 12.5. The van der Waals surface area contributed by atoms with Crippen LogP contribution in [-0.2, 0) is 19.6 Å². The Bertz CT molecular complexity index is 827. The molecule has 0 spiro atoms. The summed E-state index contributed by atoms with van der Waals surface area (Å²) in [4.78, 5) is 26.0. The third-order valence-electron chi connectivity index (χ3n) is 4.80. The molecule has 7 nitrogen and oxygen atoms in total. The van der Waals surface area contributed by atoms with Crippen molar-refractivity contribution in [1.82, 2.24) is 4.31 Å². The third kappa shape index (κ3) is 4.19. The van der Waals surface area contributed by atoms with Crippen molar-refractivity contribution in [1.29, 1.82) is 0 Å². The summed E-state index contributed by atoms with van der Waals surface area (Å²) in [5.74, 6) is -0.566. The topological polar surface area (TPSA) is 86.8 Å². The summed E-state index contributed by atoms with van der Waals surface area (Å²) >= 11 is 6.29. The quantitative estimate of drug-likeness (QED) is 0.839. The van der Waals surface area contributed by atoms with Crippen LogP contribution < -0.4 is 10.2 Å². The first-order valence-corrected chi connectivity index (χ1v) is 10.8. The molecule has 0 unspecified atom stereocenters. The fourth-order valence-corrected chi connectivity index (χ4v) is 4.60. The standard InChI is InChI=1S/C17H22ClN3O4S/c1-26(24,25)20-8-2-4-12(11-20)17(23)19-13-6-7-15(14(18)10-13)21-9-3-5-16(21)22/h6-7,10,12H,2-5,8-9,11H2,1H3,(H,19,23)/t12-/m0/s1. The Kier molecular flexibility index (Phi) is 5.55. The molecule has 2 saturated heterocycles. The van der Waals surface area contributed by atoms with Crippen molar-refractivity contribution in [3.05, 3.63) is 23.2 Å². The number of halogens is 1. The summed E-state index contributed by atoms with van der Waals surface area (Å²) < 4.78 is 24.7. The van der Waals surface area contributed by atoms with Crippen molar-refractivity contribution < 1.29 is 18.0 Å². The molecule has 0 aromatic heterocycles. The number of sulfonamides is 1. The van der Waals surface area contributed by atoms with Gasteiger partial charge in [0.1, 0.15) is 0 Å². The smallest absolute Gasteiger partial charge is 0.228 e. The van der Waals surface area contributed by atoms with Gasteiger partial charge in [-0.15, -0.1) is 0 Å². The summed E-state index contributed by atoms with van der Waals surface area (Å²) in [6.07, 6.45) is 3.79. The molecule has 142 valence electrons. The maximum absolute atomic E-state index is 12.5. The number of anilines is 2.